The van der Waals surface area contributed by atoms with E-state index in [1.807, 2.05) is 18.0 Å². The molecule has 2 N–H and O–H groups in total. The number of nitrogens with one attached hydrogen (secondary N) is 2. The number of carbonyl (C=O) groups excluding carboxylic acids is 1. The molecule has 2 fully saturated rings. The first-order chi connectivity index (χ1) is 16.6. The van der Waals surface area contributed by atoms with Crippen LogP contribution in [0.15, 0.2) is 24.3 Å². The smallest absolute Gasteiger partial charge is 0.317 e. The summed E-state index contributed by atoms with van der Waals surface area (Å²) < 4.78 is 25.4. The lowest BCUT2D eigenvalue weighted by Crippen LogP contribution is -2.52. The Balaban J connectivity index is 1.62. The van der Waals surface area contributed by atoms with E-state index < -0.39 is 0 Å². The molecule has 192 valence electrons. The van der Waals surface area contributed by atoms with E-state index in [-0.39, 0.29) is 29.9 Å². The summed E-state index contributed by atoms with van der Waals surface area (Å²) in [6.45, 7) is 3.32. The molecule has 34 heavy (non-hydrogen) atoms. The molecule has 1 aromatic rings. The van der Waals surface area contributed by atoms with Gasteiger partial charge < -0.3 is 25.0 Å². The number of hydrogen-bond acceptors (Lipinski definition) is 4. The third-order valence-corrected chi connectivity index (χ3v) is 7.26. The molecule has 7 heteroatoms. The molecule has 0 spiro atoms. The number of halogens is 1. The van der Waals surface area contributed by atoms with Gasteiger partial charge in [-0.25, -0.2) is 9.18 Å². The summed E-state index contributed by atoms with van der Waals surface area (Å²) in [5.41, 5.74) is 0.843. The average molecular weight is 478 g/mol. The van der Waals surface area contributed by atoms with Crippen LogP contribution in [0.1, 0.15) is 69.5 Å². The van der Waals surface area contributed by atoms with Crippen molar-refractivity contribution in [1.29, 1.82) is 0 Å². The van der Waals surface area contributed by atoms with Crippen molar-refractivity contribution >= 4 is 6.03 Å². The van der Waals surface area contributed by atoms with Crippen LogP contribution in [0, 0.1) is 17.7 Å². The van der Waals surface area contributed by atoms with Crippen LogP contribution in [0.3, 0.4) is 0 Å². The maximum absolute atomic E-state index is 14.0. The Hall–Kier alpha value is -1.70. The van der Waals surface area contributed by atoms with Crippen LogP contribution in [0.2, 0.25) is 0 Å². The third-order valence-electron chi connectivity index (χ3n) is 7.26. The van der Waals surface area contributed by atoms with Gasteiger partial charge in [-0.3, -0.25) is 0 Å². The zero-order valence-corrected chi connectivity index (χ0v) is 21.1. The molecule has 1 aliphatic heterocycles. The summed E-state index contributed by atoms with van der Waals surface area (Å²) in [5, 5.41) is 6.56. The van der Waals surface area contributed by atoms with Gasteiger partial charge in [-0.2, -0.15) is 0 Å². The van der Waals surface area contributed by atoms with Gasteiger partial charge in [-0.15, -0.1) is 0 Å². The Morgan fingerprint density at radius 1 is 1.18 bits per heavy atom. The van der Waals surface area contributed by atoms with Crippen molar-refractivity contribution in [2.45, 2.75) is 69.9 Å². The highest BCUT2D eigenvalue weighted by Crippen LogP contribution is 2.33. The number of amides is 2. The summed E-state index contributed by atoms with van der Waals surface area (Å²) in [6, 6.07) is 6.84. The molecular formula is C27H44FN3O3. The lowest BCUT2D eigenvalue weighted by Gasteiger charge is -2.38. The summed E-state index contributed by atoms with van der Waals surface area (Å²) in [7, 11) is 3.62. The molecule has 0 aromatic heterocycles. The van der Waals surface area contributed by atoms with Gasteiger partial charge in [0, 0.05) is 51.9 Å². The second kappa shape index (κ2) is 14.6. The molecule has 0 radical (unpaired) electrons. The second-order valence-electron chi connectivity index (χ2n) is 9.98. The Labute approximate surface area is 204 Å². The molecule has 1 saturated heterocycles. The number of benzene rings is 1. The number of rotatable bonds is 12. The predicted molar refractivity (Wildman–Crippen MR) is 133 cm³/mol. The fraction of sp³-hybridized carbons (Fsp3) is 0.741. The van der Waals surface area contributed by atoms with Crippen molar-refractivity contribution in [3.8, 4) is 0 Å². The van der Waals surface area contributed by atoms with Gasteiger partial charge in [0.2, 0.25) is 0 Å². The van der Waals surface area contributed by atoms with E-state index in [4.69, 9.17) is 9.47 Å². The molecule has 3 atom stereocenters. The minimum absolute atomic E-state index is 0.0122. The number of urea groups is 1. The highest BCUT2D eigenvalue weighted by atomic mass is 19.1. The van der Waals surface area contributed by atoms with Crippen molar-refractivity contribution in [1.82, 2.24) is 15.5 Å². The average Bonchev–Trinajstić information content (AvgIpc) is 2.85. The van der Waals surface area contributed by atoms with E-state index in [0.717, 1.165) is 44.3 Å². The first kappa shape index (κ1) is 26.9. The highest BCUT2D eigenvalue weighted by molar-refractivity contribution is 5.74. The predicted octanol–water partition coefficient (Wildman–Crippen LogP) is 4.90. The van der Waals surface area contributed by atoms with E-state index in [2.05, 4.69) is 10.6 Å². The number of methoxy groups -OCH3 is 1. The van der Waals surface area contributed by atoms with Crippen LogP contribution in [-0.2, 0) is 9.47 Å². The van der Waals surface area contributed by atoms with E-state index in [1.54, 1.807) is 19.2 Å². The standard InChI is InChI=1S/C27H44FN3O3/c1-29-19-25(17-21-9-4-3-5-10-21)30-27(32)31-14-7-12-23(20-31)26(34-16-8-15-33-2)22-11-6-13-24(28)18-22/h6,11,13,18,21,23,25-26,29H,3-5,7-10,12,14-17,19-20H2,1-2H3,(H,30,32). The molecule has 1 aromatic carbocycles. The van der Waals surface area contributed by atoms with Crippen molar-refractivity contribution in [2.24, 2.45) is 11.8 Å². The molecular weight excluding hydrogens is 433 g/mol. The molecule has 1 saturated carbocycles. The minimum atomic E-state index is -0.258. The molecule has 2 amide bonds. The Morgan fingerprint density at radius 3 is 2.74 bits per heavy atom. The SMILES string of the molecule is CNCC(CC1CCCCC1)NC(=O)N1CCCC(C(OCCCOC)c2cccc(F)c2)C1. The summed E-state index contributed by atoms with van der Waals surface area (Å²) in [4.78, 5) is 15.2. The number of piperidine rings is 1. The van der Waals surface area contributed by atoms with Gasteiger partial charge in [-0.1, -0.05) is 44.2 Å². The Kier molecular flexibility index (Phi) is 11.6. The van der Waals surface area contributed by atoms with Gasteiger partial charge in [0.25, 0.3) is 0 Å². The van der Waals surface area contributed by atoms with Crippen molar-refractivity contribution in [3.05, 3.63) is 35.6 Å². The van der Waals surface area contributed by atoms with Crippen molar-refractivity contribution in [3.63, 3.8) is 0 Å². The molecule has 0 bridgehead atoms. The van der Waals surface area contributed by atoms with Crippen molar-refractivity contribution < 1.29 is 18.7 Å². The van der Waals surface area contributed by atoms with Crippen LogP contribution in [0.5, 0.6) is 0 Å². The quantitative estimate of drug-likeness (QED) is 0.421. The minimum Gasteiger partial charge on any atom is -0.385 e. The number of nitrogens with zero attached hydrogens (tertiary/aromatic N) is 1. The van der Waals surface area contributed by atoms with Crippen LogP contribution in [0.4, 0.5) is 9.18 Å². The van der Waals surface area contributed by atoms with E-state index >= 15 is 0 Å². The zero-order valence-electron chi connectivity index (χ0n) is 21.1. The number of hydrogen-bond donors (Lipinski definition) is 2. The number of likely N-dealkylation sites (tertiary alicyclic amines) is 1. The monoisotopic (exact) mass is 477 g/mol. The Bertz CT molecular complexity index is 729. The van der Waals surface area contributed by atoms with Gasteiger partial charge in [-0.05, 0) is 56.3 Å². The maximum atomic E-state index is 14.0. The van der Waals surface area contributed by atoms with Crippen LogP contribution < -0.4 is 10.6 Å². The van der Waals surface area contributed by atoms with E-state index in [1.165, 1.54) is 38.2 Å². The summed E-state index contributed by atoms with van der Waals surface area (Å²) in [6.07, 6.45) is 9.98. The highest BCUT2D eigenvalue weighted by Gasteiger charge is 2.32. The van der Waals surface area contributed by atoms with Crippen LogP contribution in [-0.4, -0.2) is 64.0 Å². The number of carbonyl (C=O) groups is 1. The topological polar surface area (TPSA) is 62.8 Å². The van der Waals surface area contributed by atoms with Crippen LogP contribution in [0.25, 0.3) is 0 Å². The molecule has 2 aliphatic rings. The lowest BCUT2D eigenvalue weighted by molar-refractivity contribution is -0.0169. The van der Waals surface area contributed by atoms with Gasteiger partial charge in [0.1, 0.15) is 5.82 Å². The zero-order chi connectivity index (χ0) is 24.2. The number of likely N-dealkylation sites (N-methyl/N-ethyl adjacent to an activating group) is 1. The van der Waals surface area contributed by atoms with Gasteiger partial charge >= 0.3 is 6.03 Å². The normalized spacial score (nSPS) is 21.3. The molecule has 1 aliphatic carbocycles. The molecule has 3 unspecified atom stereocenters. The molecule has 3 rings (SSSR count). The first-order valence-corrected chi connectivity index (χ1v) is 13.2. The lowest BCUT2D eigenvalue weighted by atomic mass is 9.85. The largest absolute Gasteiger partial charge is 0.385 e. The second-order valence-corrected chi connectivity index (χ2v) is 9.98. The molecule has 6 nitrogen and oxygen atoms in total. The van der Waals surface area contributed by atoms with E-state index in [0.29, 0.717) is 25.7 Å². The van der Waals surface area contributed by atoms with Crippen LogP contribution >= 0.6 is 0 Å². The Morgan fingerprint density at radius 2 is 2.00 bits per heavy atom. The van der Waals surface area contributed by atoms with E-state index in [9.17, 15) is 9.18 Å². The van der Waals surface area contributed by atoms with Gasteiger partial charge in [0.15, 0.2) is 0 Å². The molecule has 1 heterocycles. The van der Waals surface area contributed by atoms with Crippen molar-refractivity contribution in [2.75, 3.05) is 47.0 Å². The summed E-state index contributed by atoms with van der Waals surface area (Å²) in [5.74, 6) is 0.579. The number of ether oxygens (including phenoxy) is 2. The fourth-order valence-corrected chi connectivity index (χ4v) is 5.57. The third kappa shape index (κ3) is 8.51. The summed E-state index contributed by atoms with van der Waals surface area (Å²) >= 11 is 0. The maximum Gasteiger partial charge on any atom is 0.317 e. The van der Waals surface area contributed by atoms with Gasteiger partial charge in [0.05, 0.1) is 6.10 Å². The first-order valence-electron chi connectivity index (χ1n) is 13.2. The fourth-order valence-electron chi connectivity index (χ4n) is 5.57.